The first-order valence-corrected chi connectivity index (χ1v) is 49.3. The van der Waals surface area contributed by atoms with Gasteiger partial charge in [0.25, 0.3) is 0 Å². The molecule has 0 spiro atoms. The number of hydrogen-bond acceptors (Lipinski definition) is 17. The molecular formula is C89H173N5Na2O18P2. The number of nitrogens with one attached hydrogen (secondary N) is 4. The van der Waals surface area contributed by atoms with E-state index in [1.165, 1.54) is 141 Å². The summed E-state index contributed by atoms with van der Waals surface area (Å²) in [6.45, 7) is 11.3. The van der Waals surface area contributed by atoms with E-state index in [9.17, 15) is 47.7 Å². The number of ether oxygens (including phenoxy) is 4. The Balaban J connectivity index is -0.0000106. The van der Waals surface area contributed by atoms with E-state index < -0.39 is 71.9 Å². The number of nitrogens with two attached hydrogens (primary N) is 1. The van der Waals surface area contributed by atoms with Crippen LogP contribution >= 0.6 is 15.6 Å². The van der Waals surface area contributed by atoms with Crippen molar-refractivity contribution in [3.8, 4) is 0 Å². The molecule has 27 heteroatoms. The molecule has 0 rings (SSSR count). The van der Waals surface area contributed by atoms with Crippen molar-refractivity contribution in [2.24, 2.45) is 11.7 Å². The van der Waals surface area contributed by atoms with Gasteiger partial charge in [0.15, 0.2) is 0 Å². The van der Waals surface area contributed by atoms with Crippen LogP contribution in [0.3, 0.4) is 0 Å². The third-order valence-electron chi connectivity index (χ3n) is 20.5. The van der Waals surface area contributed by atoms with Crippen LogP contribution < -0.4 is 86.1 Å². The summed E-state index contributed by atoms with van der Waals surface area (Å²) in [5.41, 5.74) is 5.77. The molecule has 0 aliphatic carbocycles. The van der Waals surface area contributed by atoms with Crippen LogP contribution in [-0.2, 0) is 74.9 Å². The standard InChI is InChI=1S/C89H171N5O18P2.2Na.2H/c1-7-13-19-25-29-33-35-39-41-47-53-62-84(95)93-79(75-105-71-66-81(59-51-45-23-17-11-5)111-86(97)64-55-49-43-37-31-27-21-15-9-3)77-109-113(101,102)107-73-69-91-88(99)83(61-57-58-68-90)89(100)92-70-74-108-114(103,104)110-78-80(94-85(96)63-54-48-42-40-36-34-30-26-20-14-8-2)76-106-72-67-82(60-52-46-24-18-12-6)112-87(98)65-56-50-44-38-32-28-22-16-10-4;;;;/h37-38,43-44,79-83H,7-36,39-42,45-78,90H2,1-6H3,(H,91,99)(H,92,100)(H,93,95)(H,94,96)(H,101,102)(H,103,104);;;;/q;2*+1;2*-1/b43-37-,44-38-;;;;/t79?,80?,81-,82-,83?;;;;/m1..../s1. The van der Waals surface area contributed by atoms with E-state index in [-0.39, 0.29) is 157 Å². The second-order valence-corrected chi connectivity index (χ2v) is 34.4. The fraction of sp³-hybridized carbons (Fsp3) is 0.888. The molecule has 0 fully saturated rings. The largest absolute Gasteiger partial charge is 1.00 e. The molecule has 8 N–H and O–H groups in total. The van der Waals surface area contributed by atoms with Crippen molar-refractivity contribution in [2.45, 2.75) is 432 Å². The zero-order valence-corrected chi connectivity index (χ0v) is 81.0. The minimum atomic E-state index is -4.79. The molecule has 0 heterocycles. The first-order chi connectivity index (χ1) is 55.4. The van der Waals surface area contributed by atoms with Gasteiger partial charge in [-0.25, -0.2) is 9.13 Å². The van der Waals surface area contributed by atoms with Crippen LogP contribution in [0.1, 0.15) is 410 Å². The van der Waals surface area contributed by atoms with E-state index in [0.29, 0.717) is 83.6 Å². The number of phosphoric acid groups is 2. The number of phosphoric ester groups is 2. The van der Waals surface area contributed by atoms with Gasteiger partial charge >= 0.3 is 86.7 Å². The Hall–Kier alpha value is -1.60. The van der Waals surface area contributed by atoms with Crippen molar-refractivity contribution in [3.05, 3.63) is 24.3 Å². The molecule has 23 nitrogen and oxygen atoms in total. The van der Waals surface area contributed by atoms with Crippen LogP contribution in [0.25, 0.3) is 0 Å². The van der Waals surface area contributed by atoms with E-state index in [4.69, 9.17) is 42.8 Å². The summed E-state index contributed by atoms with van der Waals surface area (Å²) in [4.78, 5) is 102. The van der Waals surface area contributed by atoms with Gasteiger partial charge in [0.2, 0.25) is 23.6 Å². The molecule has 0 radical (unpaired) electrons. The molecule has 0 aromatic rings. The van der Waals surface area contributed by atoms with Crippen LogP contribution in [0.15, 0.2) is 24.3 Å². The zero-order chi connectivity index (χ0) is 83.7. The second kappa shape index (κ2) is 88.3. The molecule has 4 amide bonds. The smallest absolute Gasteiger partial charge is 1.00 e. The zero-order valence-electron chi connectivity index (χ0n) is 77.2. The Morgan fingerprint density at radius 3 is 0.966 bits per heavy atom. The number of amides is 4. The van der Waals surface area contributed by atoms with Crippen LogP contribution in [0.4, 0.5) is 0 Å². The molecule has 0 saturated heterocycles. The van der Waals surface area contributed by atoms with Gasteiger partial charge < -0.3 is 58.6 Å². The monoisotopic (exact) mass is 1710 g/mol. The number of rotatable bonds is 88. The average molecular weight is 1710 g/mol. The van der Waals surface area contributed by atoms with Crippen molar-refractivity contribution in [1.82, 2.24) is 21.3 Å². The molecule has 0 bridgehead atoms. The summed E-state index contributed by atoms with van der Waals surface area (Å²) in [6, 6.07) is -1.68. The predicted octanol–water partition coefficient (Wildman–Crippen LogP) is 15.6. The minimum Gasteiger partial charge on any atom is -1.00 e. The SMILES string of the molecule is CCCCCC/C=C\CCCC(=O)O[C@H](CCCCCCC)CCOCC(COP(=O)(O)OCCNC(=O)C(CCCCN)C(=O)NCCOP(=O)(O)OCC(COCC[C@@H](CCCCCCC)OC(=O)CCC/C=C\CCCCCC)NC(=O)CCCCCCCCCCCCC)NC(=O)CCCCCCCCCCCCC.[H-].[H-].[Na+].[Na+]. The number of carbonyl (C=O) groups excluding carboxylic acids is 6. The molecule has 4 unspecified atom stereocenters. The van der Waals surface area contributed by atoms with Crippen LogP contribution in [0, 0.1) is 5.92 Å². The Kier molecular flexibility index (Phi) is 90.2. The van der Waals surface area contributed by atoms with Gasteiger partial charge in [0, 0.05) is 51.6 Å². The van der Waals surface area contributed by atoms with Gasteiger partial charge in [0.1, 0.15) is 18.1 Å². The van der Waals surface area contributed by atoms with Crippen LogP contribution in [-0.4, -0.2) is 142 Å². The maximum absolute atomic E-state index is 13.6. The van der Waals surface area contributed by atoms with Crippen molar-refractivity contribution >= 4 is 51.2 Å². The number of hydrogen-bond donors (Lipinski definition) is 7. The molecule has 674 valence electrons. The average Bonchev–Trinajstić information content (AvgIpc) is 0.894. The maximum atomic E-state index is 13.6. The van der Waals surface area contributed by atoms with E-state index in [1.807, 2.05) is 0 Å². The predicted molar refractivity (Wildman–Crippen MR) is 465 cm³/mol. The van der Waals surface area contributed by atoms with E-state index in [0.717, 1.165) is 128 Å². The van der Waals surface area contributed by atoms with E-state index in [2.05, 4.69) is 87.1 Å². The number of esters is 2. The summed E-state index contributed by atoms with van der Waals surface area (Å²) in [7, 11) is -9.57. The van der Waals surface area contributed by atoms with Crippen molar-refractivity contribution in [2.75, 3.05) is 72.5 Å². The van der Waals surface area contributed by atoms with Gasteiger partial charge in [-0.2, -0.15) is 0 Å². The summed E-state index contributed by atoms with van der Waals surface area (Å²) in [6.07, 6.45) is 62.8. The van der Waals surface area contributed by atoms with Crippen molar-refractivity contribution in [1.29, 1.82) is 0 Å². The Morgan fingerprint density at radius 2 is 0.638 bits per heavy atom. The molecule has 0 saturated carbocycles. The third kappa shape index (κ3) is 80.8. The van der Waals surface area contributed by atoms with Gasteiger partial charge in [0.05, 0.1) is 64.9 Å². The fourth-order valence-electron chi connectivity index (χ4n) is 13.4. The van der Waals surface area contributed by atoms with Gasteiger partial charge in [-0.1, -0.05) is 291 Å². The molecule has 116 heavy (non-hydrogen) atoms. The van der Waals surface area contributed by atoms with Gasteiger partial charge in [-0.3, -0.25) is 46.9 Å². The van der Waals surface area contributed by atoms with E-state index in [1.54, 1.807) is 0 Å². The topological polar surface area (TPSA) is 325 Å². The number of carbonyl (C=O) groups is 6. The van der Waals surface area contributed by atoms with Crippen molar-refractivity contribution < 1.29 is 147 Å². The molecule has 0 aromatic heterocycles. The molecule has 6 atom stereocenters. The summed E-state index contributed by atoms with van der Waals surface area (Å²) in [5, 5.41) is 11.0. The molecule has 0 aromatic carbocycles. The maximum Gasteiger partial charge on any atom is 1.00 e. The molecule has 0 aliphatic heterocycles. The Morgan fingerprint density at radius 1 is 0.345 bits per heavy atom. The summed E-state index contributed by atoms with van der Waals surface area (Å²) < 4.78 is 72.4. The van der Waals surface area contributed by atoms with Crippen LogP contribution in [0.5, 0.6) is 0 Å². The van der Waals surface area contributed by atoms with Gasteiger partial charge in [-0.15, -0.1) is 0 Å². The Bertz CT molecular complexity index is 2300. The van der Waals surface area contributed by atoms with Crippen LogP contribution in [0.2, 0.25) is 0 Å². The number of unbranched alkanes of at least 4 members (excludes halogenated alkanes) is 39. The van der Waals surface area contributed by atoms with E-state index >= 15 is 0 Å². The third-order valence-corrected chi connectivity index (χ3v) is 22.4. The Labute approximate surface area is 753 Å². The first-order valence-electron chi connectivity index (χ1n) is 46.3. The summed E-state index contributed by atoms with van der Waals surface area (Å²) in [5.74, 6) is -3.64. The quantitative estimate of drug-likeness (QED) is 0.00743. The normalized spacial score (nSPS) is 13.9. The van der Waals surface area contributed by atoms with Crippen molar-refractivity contribution in [3.63, 3.8) is 0 Å². The number of allylic oxidation sites excluding steroid dienone is 4. The second-order valence-electron chi connectivity index (χ2n) is 31.5. The van der Waals surface area contributed by atoms with Gasteiger partial charge in [-0.05, 0) is 109 Å². The fourth-order valence-corrected chi connectivity index (χ4v) is 14.9. The summed E-state index contributed by atoms with van der Waals surface area (Å²) >= 11 is 0. The molecule has 0 aliphatic rings. The minimum absolute atomic E-state index is 0. The first kappa shape index (κ1) is 119. The molecular weight excluding hydrogens is 1530 g/mol.